The second-order valence-corrected chi connectivity index (χ2v) is 4.18. The molecular weight excluding hydrogens is 232 g/mol. The van der Waals surface area contributed by atoms with Crippen molar-refractivity contribution in [1.29, 1.82) is 0 Å². The van der Waals surface area contributed by atoms with Crippen LogP contribution in [0.3, 0.4) is 0 Å². The molecule has 0 N–H and O–H groups in total. The Labute approximate surface area is 71.9 Å². The summed E-state index contributed by atoms with van der Waals surface area (Å²) in [5.41, 5.74) is 0. The van der Waals surface area contributed by atoms with Gasteiger partial charge in [0.05, 0.1) is 0 Å². The van der Waals surface area contributed by atoms with Gasteiger partial charge in [-0.3, -0.25) is 0 Å². The molecule has 1 unspecified atom stereocenters. The van der Waals surface area contributed by atoms with Gasteiger partial charge in [0.2, 0.25) is 0 Å². The fraction of sp³-hybridized carbons (Fsp3) is 0. The van der Waals surface area contributed by atoms with Gasteiger partial charge in [-0.15, -0.1) is 0 Å². The van der Waals surface area contributed by atoms with E-state index in [1.165, 1.54) is 18.5 Å². The summed E-state index contributed by atoms with van der Waals surface area (Å²) in [6.45, 7) is 0. The van der Waals surface area contributed by atoms with Crippen molar-refractivity contribution in [2.75, 3.05) is 0 Å². The SMILES string of the molecule is O=[S]([Mo])Oc1ccccc1. The van der Waals surface area contributed by atoms with Crippen LogP contribution >= 0.6 is 0 Å². The predicted octanol–water partition coefficient (Wildman–Crippen LogP) is 1.19. The molecule has 0 aromatic heterocycles. The number of rotatable bonds is 2. The van der Waals surface area contributed by atoms with E-state index in [0.29, 0.717) is 5.75 Å². The Balaban J connectivity index is 2.67. The van der Waals surface area contributed by atoms with Crippen molar-refractivity contribution >= 4 is 8.79 Å². The van der Waals surface area contributed by atoms with Crippen LogP contribution in [0.5, 0.6) is 5.75 Å². The number of hydrogen-bond donors (Lipinski definition) is 0. The quantitative estimate of drug-likeness (QED) is 0.722. The Morgan fingerprint density at radius 3 is 2.40 bits per heavy atom. The Morgan fingerprint density at radius 1 is 1.30 bits per heavy atom. The Kier molecular flexibility index (Phi) is 3.10. The third kappa shape index (κ3) is 2.63. The minimum atomic E-state index is -1.21. The number of para-hydroxylation sites is 1. The number of benzene rings is 1. The van der Waals surface area contributed by atoms with E-state index in [1.807, 2.05) is 18.2 Å². The van der Waals surface area contributed by atoms with Gasteiger partial charge in [0.15, 0.2) is 0 Å². The molecule has 0 saturated carbocycles. The first kappa shape index (κ1) is 7.96. The van der Waals surface area contributed by atoms with Gasteiger partial charge < -0.3 is 0 Å². The molecule has 1 atom stereocenters. The summed E-state index contributed by atoms with van der Waals surface area (Å²) in [4.78, 5) is 0. The van der Waals surface area contributed by atoms with E-state index < -0.39 is 8.79 Å². The third-order valence-corrected chi connectivity index (χ3v) is 1.74. The van der Waals surface area contributed by atoms with Crippen molar-refractivity contribution in [3.8, 4) is 5.75 Å². The average Bonchev–Trinajstić information content (AvgIpc) is 1.88. The summed E-state index contributed by atoms with van der Waals surface area (Å²) in [6.07, 6.45) is 0. The van der Waals surface area contributed by atoms with E-state index in [4.69, 9.17) is 4.18 Å². The molecule has 10 heavy (non-hydrogen) atoms. The zero-order chi connectivity index (χ0) is 7.40. The van der Waals surface area contributed by atoms with Crippen molar-refractivity contribution < 1.29 is 26.9 Å². The maximum atomic E-state index is 10.5. The van der Waals surface area contributed by atoms with Crippen LogP contribution in [-0.4, -0.2) is 4.21 Å². The van der Waals surface area contributed by atoms with Crippen LogP contribution in [0.2, 0.25) is 0 Å². The molecule has 0 fully saturated rings. The average molecular weight is 237 g/mol. The molecule has 0 aliphatic heterocycles. The summed E-state index contributed by atoms with van der Waals surface area (Å²) >= 11 is 1.43. The van der Waals surface area contributed by atoms with Crippen molar-refractivity contribution in [2.24, 2.45) is 0 Å². The molecule has 1 rings (SSSR count). The molecule has 53 valence electrons. The van der Waals surface area contributed by atoms with Crippen LogP contribution in [-0.2, 0) is 27.3 Å². The Hall–Kier alpha value is -0.142. The second kappa shape index (κ2) is 3.89. The van der Waals surface area contributed by atoms with Gasteiger partial charge in [0.25, 0.3) is 0 Å². The first-order chi connectivity index (χ1) is 4.79. The molecule has 0 aliphatic carbocycles. The molecule has 4 heteroatoms. The minimum absolute atomic E-state index is 0.644. The van der Waals surface area contributed by atoms with Gasteiger partial charge >= 0.3 is 71.8 Å². The zero-order valence-corrected chi connectivity index (χ0v) is 7.84. The summed E-state index contributed by atoms with van der Waals surface area (Å²) in [7, 11) is -1.21. The van der Waals surface area contributed by atoms with E-state index >= 15 is 0 Å². The fourth-order valence-electron chi connectivity index (χ4n) is 0.555. The van der Waals surface area contributed by atoms with E-state index in [-0.39, 0.29) is 0 Å². The molecule has 0 amide bonds. The molecule has 0 bridgehead atoms. The van der Waals surface area contributed by atoms with Crippen LogP contribution < -0.4 is 4.18 Å². The van der Waals surface area contributed by atoms with Gasteiger partial charge in [-0.05, 0) is 0 Å². The normalized spacial score (nSPS) is 12.4. The van der Waals surface area contributed by atoms with Gasteiger partial charge in [0, 0.05) is 0 Å². The summed E-state index contributed by atoms with van der Waals surface area (Å²) < 4.78 is 15.4. The molecule has 0 heterocycles. The predicted molar refractivity (Wildman–Crippen MR) is 35.2 cm³/mol. The van der Waals surface area contributed by atoms with Crippen LogP contribution in [0.1, 0.15) is 0 Å². The van der Waals surface area contributed by atoms with Crippen LogP contribution in [0.4, 0.5) is 0 Å². The number of hydrogen-bond acceptors (Lipinski definition) is 2. The second-order valence-electron chi connectivity index (χ2n) is 1.60. The van der Waals surface area contributed by atoms with E-state index in [2.05, 4.69) is 0 Å². The molecule has 0 saturated heterocycles. The topological polar surface area (TPSA) is 26.3 Å². The van der Waals surface area contributed by atoms with Gasteiger partial charge in [-0.1, -0.05) is 0 Å². The van der Waals surface area contributed by atoms with Crippen LogP contribution in [0.25, 0.3) is 0 Å². The van der Waals surface area contributed by atoms with Crippen molar-refractivity contribution in [3.05, 3.63) is 30.3 Å². The maximum absolute atomic E-state index is 10.5. The van der Waals surface area contributed by atoms with Crippen molar-refractivity contribution in [1.82, 2.24) is 0 Å². The zero-order valence-electron chi connectivity index (χ0n) is 5.02. The van der Waals surface area contributed by atoms with Gasteiger partial charge in [-0.2, -0.15) is 0 Å². The van der Waals surface area contributed by atoms with Gasteiger partial charge in [0.1, 0.15) is 0 Å². The van der Waals surface area contributed by atoms with Gasteiger partial charge in [-0.25, -0.2) is 0 Å². The molecular formula is C6H5MoO2S. The third-order valence-electron chi connectivity index (χ3n) is 0.907. The molecule has 1 aromatic rings. The first-order valence-corrected chi connectivity index (χ1v) is 6.07. The Bertz CT molecular complexity index is 224. The summed E-state index contributed by atoms with van der Waals surface area (Å²) in [5.74, 6) is 0.644. The molecule has 0 aliphatic rings. The molecule has 0 spiro atoms. The van der Waals surface area contributed by atoms with Crippen molar-refractivity contribution in [3.63, 3.8) is 0 Å². The van der Waals surface area contributed by atoms with E-state index in [1.54, 1.807) is 12.1 Å². The van der Waals surface area contributed by atoms with E-state index in [0.717, 1.165) is 0 Å². The monoisotopic (exact) mass is 239 g/mol. The standard InChI is InChI=1S/C6H5O2S.Mo/c7-9-8-6-4-2-1-3-5-6;/h1-5H;/q+1;-1. The van der Waals surface area contributed by atoms with Crippen molar-refractivity contribution in [2.45, 2.75) is 0 Å². The van der Waals surface area contributed by atoms with Crippen LogP contribution in [0, 0.1) is 0 Å². The summed E-state index contributed by atoms with van der Waals surface area (Å²) in [5, 5.41) is 0. The van der Waals surface area contributed by atoms with E-state index in [9.17, 15) is 4.21 Å². The fourth-order valence-corrected chi connectivity index (χ4v) is 1.40. The molecule has 0 radical (unpaired) electrons. The molecule has 1 aromatic carbocycles. The Morgan fingerprint density at radius 2 is 1.90 bits per heavy atom. The molecule has 2 nitrogen and oxygen atoms in total. The summed E-state index contributed by atoms with van der Waals surface area (Å²) in [6, 6.07) is 9.09. The first-order valence-electron chi connectivity index (χ1n) is 2.61. The van der Waals surface area contributed by atoms with Crippen LogP contribution in [0.15, 0.2) is 30.3 Å².